The molecule has 3 nitrogen and oxygen atoms in total. The van der Waals surface area contributed by atoms with Gasteiger partial charge in [0, 0.05) is 6.61 Å². The van der Waals surface area contributed by atoms with Crippen LogP contribution in [0.2, 0.25) is 0 Å². The van der Waals surface area contributed by atoms with Crippen molar-refractivity contribution >= 4 is 6.29 Å². The minimum atomic E-state index is -0.374. The Labute approximate surface area is 61.3 Å². The molecule has 0 aliphatic carbocycles. The molecule has 3 heteroatoms. The van der Waals surface area contributed by atoms with Crippen LogP contribution in [0.3, 0.4) is 0 Å². The lowest BCUT2D eigenvalue weighted by Gasteiger charge is -2.14. The standard InChI is InChI=1S/C7H14O3/c1-4-9-7(3)10-6(2)5-8/h5-7H,4H2,1-3H3/t6-,7+/m0/s1. The van der Waals surface area contributed by atoms with Crippen LogP contribution in [-0.2, 0) is 14.3 Å². The number of hydrogen-bond acceptors (Lipinski definition) is 3. The summed E-state index contributed by atoms with van der Waals surface area (Å²) in [5.41, 5.74) is 0. The highest BCUT2D eigenvalue weighted by Gasteiger charge is 2.05. The van der Waals surface area contributed by atoms with Crippen LogP contribution in [0, 0.1) is 0 Å². The molecule has 0 radical (unpaired) electrons. The second-order valence-electron chi connectivity index (χ2n) is 2.00. The summed E-state index contributed by atoms with van der Waals surface area (Å²) in [6.45, 7) is 5.93. The van der Waals surface area contributed by atoms with E-state index in [1.807, 2.05) is 6.92 Å². The van der Waals surface area contributed by atoms with Crippen LogP contribution >= 0.6 is 0 Å². The quantitative estimate of drug-likeness (QED) is 0.428. The van der Waals surface area contributed by atoms with Gasteiger partial charge in [0.2, 0.25) is 0 Å². The van der Waals surface area contributed by atoms with E-state index in [0.29, 0.717) is 6.61 Å². The molecule has 0 fully saturated rings. The molecule has 2 atom stereocenters. The van der Waals surface area contributed by atoms with E-state index in [1.165, 1.54) is 0 Å². The Morgan fingerprint density at radius 3 is 2.50 bits per heavy atom. The first-order valence-corrected chi connectivity index (χ1v) is 3.43. The van der Waals surface area contributed by atoms with E-state index in [1.54, 1.807) is 13.8 Å². The normalized spacial score (nSPS) is 16.3. The molecule has 0 saturated carbocycles. The molecular weight excluding hydrogens is 132 g/mol. The molecule has 0 aliphatic rings. The summed E-state index contributed by atoms with van der Waals surface area (Å²) >= 11 is 0. The minimum Gasteiger partial charge on any atom is -0.353 e. The van der Waals surface area contributed by atoms with Crippen molar-refractivity contribution in [3.8, 4) is 0 Å². The highest BCUT2D eigenvalue weighted by molar-refractivity contribution is 5.55. The number of ether oxygens (including phenoxy) is 2. The lowest BCUT2D eigenvalue weighted by atomic mass is 10.4. The summed E-state index contributed by atoms with van der Waals surface area (Å²) in [5, 5.41) is 0. The number of hydrogen-bond donors (Lipinski definition) is 0. The van der Waals surface area contributed by atoms with Gasteiger partial charge in [-0.15, -0.1) is 0 Å². The van der Waals surface area contributed by atoms with Gasteiger partial charge in [-0.1, -0.05) is 0 Å². The Bertz CT molecular complexity index is 92.9. The predicted octanol–water partition coefficient (Wildman–Crippen LogP) is 0.973. The molecule has 0 amide bonds. The fourth-order valence-electron chi connectivity index (χ4n) is 0.608. The lowest BCUT2D eigenvalue weighted by molar-refractivity contribution is -0.158. The number of carbonyl (C=O) groups excluding carboxylic acids is 1. The van der Waals surface area contributed by atoms with Crippen molar-refractivity contribution in [2.75, 3.05) is 6.61 Å². The summed E-state index contributed by atoms with van der Waals surface area (Å²) < 4.78 is 10.1. The Morgan fingerprint density at radius 1 is 1.50 bits per heavy atom. The Morgan fingerprint density at radius 2 is 2.10 bits per heavy atom. The third kappa shape index (κ3) is 4.47. The van der Waals surface area contributed by atoms with Crippen LogP contribution in [0.5, 0.6) is 0 Å². The number of carbonyl (C=O) groups is 1. The van der Waals surface area contributed by atoms with Crippen LogP contribution in [-0.4, -0.2) is 25.3 Å². The van der Waals surface area contributed by atoms with Crippen LogP contribution in [0.25, 0.3) is 0 Å². The SMILES string of the molecule is CCO[C@@H](C)O[C@@H](C)C=O. The van der Waals surface area contributed by atoms with E-state index >= 15 is 0 Å². The molecule has 10 heavy (non-hydrogen) atoms. The highest BCUT2D eigenvalue weighted by atomic mass is 16.7. The molecule has 0 bridgehead atoms. The first kappa shape index (κ1) is 9.59. The Kier molecular flexibility index (Phi) is 5.16. The zero-order valence-corrected chi connectivity index (χ0v) is 6.66. The Balaban J connectivity index is 3.36. The van der Waals surface area contributed by atoms with Crippen molar-refractivity contribution in [1.82, 2.24) is 0 Å². The molecule has 0 aliphatic heterocycles. The molecule has 0 aromatic heterocycles. The van der Waals surface area contributed by atoms with Crippen molar-refractivity contribution in [3.05, 3.63) is 0 Å². The minimum absolute atomic E-state index is 0.287. The van der Waals surface area contributed by atoms with Gasteiger partial charge >= 0.3 is 0 Å². The smallest absolute Gasteiger partial charge is 0.155 e. The van der Waals surface area contributed by atoms with Gasteiger partial charge in [-0.2, -0.15) is 0 Å². The van der Waals surface area contributed by atoms with Crippen LogP contribution in [0.1, 0.15) is 20.8 Å². The van der Waals surface area contributed by atoms with Gasteiger partial charge in [-0.3, -0.25) is 0 Å². The highest BCUT2D eigenvalue weighted by Crippen LogP contribution is 1.96. The summed E-state index contributed by atoms with van der Waals surface area (Å²) in [6.07, 6.45) is 0.0851. The summed E-state index contributed by atoms with van der Waals surface area (Å²) in [7, 11) is 0. The van der Waals surface area contributed by atoms with Gasteiger partial charge in [-0.25, -0.2) is 0 Å². The predicted molar refractivity (Wildman–Crippen MR) is 37.7 cm³/mol. The largest absolute Gasteiger partial charge is 0.353 e. The second kappa shape index (κ2) is 5.38. The third-order valence-corrected chi connectivity index (χ3v) is 0.999. The zero-order chi connectivity index (χ0) is 7.98. The van der Waals surface area contributed by atoms with E-state index in [2.05, 4.69) is 0 Å². The molecule has 0 spiro atoms. The average molecular weight is 146 g/mol. The van der Waals surface area contributed by atoms with Gasteiger partial charge < -0.3 is 14.3 Å². The van der Waals surface area contributed by atoms with Crippen molar-refractivity contribution in [3.63, 3.8) is 0 Å². The average Bonchev–Trinajstić information content (AvgIpc) is 1.88. The topological polar surface area (TPSA) is 35.5 Å². The fraction of sp³-hybridized carbons (Fsp3) is 0.857. The van der Waals surface area contributed by atoms with Crippen molar-refractivity contribution in [1.29, 1.82) is 0 Å². The summed E-state index contributed by atoms with van der Waals surface area (Å²) in [4.78, 5) is 10.1. The second-order valence-corrected chi connectivity index (χ2v) is 2.00. The van der Waals surface area contributed by atoms with Crippen LogP contribution in [0.15, 0.2) is 0 Å². The van der Waals surface area contributed by atoms with Gasteiger partial charge in [0.15, 0.2) is 6.29 Å². The van der Waals surface area contributed by atoms with Gasteiger partial charge in [0.05, 0.1) is 0 Å². The van der Waals surface area contributed by atoms with E-state index < -0.39 is 0 Å². The molecule has 0 aromatic carbocycles. The number of rotatable bonds is 5. The monoisotopic (exact) mass is 146 g/mol. The van der Waals surface area contributed by atoms with E-state index in [-0.39, 0.29) is 12.4 Å². The molecular formula is C7H14O3. The van der Waals surface area contributed by atoms with E-state index in [4.69, 9.17) is 9.47 Å². The van der Waals surface area contributed by atoms with Gasteiger partial charge in [0.25, 0.3) is 0 Å². The Hall–Kier alpha value is -0.410. The summed E-state index contributed by atoms with van der Waals surface area (Å²) in [6, 6.07) is 0. The maximum atomic E-state index is 10.1. The summed E-state index contributed by atoms with van der Waals surface area (Å²) in [5.74, 6) is 0. The first-order chi connectivity index (χ1) is 4.70. The molecule has 0 N–H and O–H groups in total. The maximum absolute atomic E-state index is 10.1. The van der Waals surface area contributed by atoms with Gasteiger partial charge in [0.1, 0.15) is 12.4 Å². The van der Waals surface area contributed by atoms with E-state index in [9.17, 15) is 4.79 Å². The fourth-order valence-corrected chi connectivity index (χ4v) is 0.608. The molecule has 0 rings (SSSR count). The number of aldehydes is 1. The third-order valence-electron chi connectivity index (χ3n) is 0.999. The molecule has 0 unspecified atom stereocenters. The van der Waals surface area contributed by atoms with Crippen LogP contribution < -0.4 is 0 Å². The molecule has 0 saturated heterocycles. The van der Waals surface area contributed by atoms with E-state index in [0.717, 1.165) is 6.29 Å². The maximum Gasteiger partial charge on any atom is 0.155 e. The zero-order valence-electron chi connectivity index (χ0n) is 6.66. The van der Waals surface area contributed by atoms with Gasteiger partial charge in [-0.05, 0) is 20.8 Å². The molecule has 0 aromatic rings. The lowest BCUT2D eigenvalue weighted by Crippen LogP contribution is -2.20. The van der Waals surface area contributed by atoms with Crippen molar-refractivity contribution in [2.45, 2.75) is 33.2 Å². The van der Waals surface area contributed by atoms with Crippen molar-refractivity contribution in [2.24, 2.45) is 0 Å². The molecule has 60 valence electrons. The molecule has 0 heterocycles. The van der Waals surface area contributed by atoms with Crippen LogP contribution in [0.4, 0.5) is 0 Å². The first-order valence-electron chi connectivity index (χ1n) is 3.43. The van der Waals surface area contributed by atoms with Crippen molar-refractivity contribution < 1.29 is 14.3 Å².